The van der Waals surface area contributed by atoms with Gasteiger partial charge in [-0.1, -0.05) is 18.2 Å². The number of thioether (sulfide) groups is 1. The molecule has 1 spiro atoms. The van der Waals surface area contributed by atoms with Crippen LogP contribution in [0.25, 0.3) is 0 Å². The lowest BCUT2D eigenvalue weighted by atomic mass is 10.0. The molecule has 0 atom stereocenters. The highest BCUT2D eigenvalue weighted by molar-refractivity contribution is 8.00. The summed E-state index contributed by atoms with van der Waals surface area (Å²) in [5, 5.41) is -0.398. The Bertz CT molecular complexity index is 696. The molecule has 2 aliphatic rings. The average Bonchev–Trinajstić information content (AvgIpc) is 2.98. The number of amides is 1. The van der Waals surface area contributed by atoms with Crippen LogP contribution in [-0.4, -0.2) is 59.0 Å². The molecule has 2 saturated heterocycles. The van der Waals surface area contributed by atoms with Crippen LogP contribution >= 0.6 is 11.8 Å². The minimum absolute atomic E-state index is 0.0563. The average molecular weight is 369 g/mol. The summed E-state index contributed by atoms with van der Waals surface area (Å²) >= 11 is 1.80. The first kappa shape index (κ1) is 17.8. The minimum atomic E-state index is -3.22. The summed E-state index contributed by atoms with van der Waals surface area (Å²) in [6, 6.07) is 9.34. The number of hydrogen-bond acceptors (Lipinski definition) is 4. The molecule has 0 bridgehead atoms. The van der Waals surface area contributed by atoms with E-state index in [0.717, 1.165) is 12.3 Å². The van der Waals surface area contributed by atoms with Crippen LogP contribution < -0.4 is 0 Å². The first-order valence-electron chi connectivity index (χ1n) is 8.37. The van der Waals surface area contributed by atoms with Gasteiger partial charge in [-0.25, -0.2) is 12.7 Å². The molecule has 3 rings (SSSR count). The fraction of sp³-hybridized carbons (Fsp3) is 0.588. The Balaban J connectivity index is 1.76. The van der Waals surface area contributed by atoms with E-state index in [9.17, 15) is 13.2 Å². The predicted molar refractivity (Wildman–Crippen MR) is 97.5 cm³/mol. The highest BCUT2D eigenvalue weighted by atomic mass is 32.2. The van der Waals surface area contributed by atoms with Crippen LogP contribution in [0.15, 0.2) is 30.3 Å². The standard InChI is InChI=1S/C17H24N2O3S2/c1-14(2)24(21,22)18-10-8-17(9-11-18)19(12-13-23-17)16(20)15-6-4-3-5-7-15/h3-7,14H,8-13H2,1-2H3. The lowest BCUT2D eigenvalue weighted by Gasteiger charge is -2.44. The van der Waals surface area contributed by atoms with Crippen LogP contribution in [0.2, 0.25) is 0 Å². The molecule has 0 unspecified atom stereocenters. The maximum absolute atomic E-state index is 12.9. The molecule has 1 amide bonds. The van der Waals surface area contributed by atoms with E-state index >= 15 is 0 Å². The van der Waals surface area contributed by atoms with Crippen LogP contribution in [0.3, 0.4) is 0 Å². The Morgan fingerprint density at radius 1 is 1.12 bits per heavy atom. The van der Waals surface area contributed by atoms with Gasteiger partial charge in [-0.3, -0.25) is 4.79 Å². The van der Waals surface area contributed by atoms with Crippen molar-refractivity contribution in [2.45, 2.75) is 36.8 Å². The summed E-state index contributed by atoms with van der Waals surface area (Å²) in [7, 11) is -3.22. The third-order valence-electron chi connectivity index (χ3n) is 4.90. The first-order chi connectivity index (χ1) is 11.4. The van der Waals surface area contributed by atoms with Crippen LogP contribution in [0, 0.1) is 0 Å². The monoisotopic (exact) mass is 368 g/mol. The van der Waals surface area contributed by atoms with Gasteiger partial charge < -0.3 is 4.90 Å². The van der Waals surface area contributed by atoms with E-state index in [1.54, 1.807) is 29.9 Å². The molecule has 132 valence electrons. The zero-order valence-electron chi connectivity index (χ0n) is 14.1. The second-order valence-electron chi connectivity index (χ2n) is 6.61. The van der Waals surface area contributed by atoms with Crippen molar-refractivity contribution in [2.24, 2.45) is 0 Å². The number of carbonyl (C=O) groups is 1. The normalized spacial score (nSPS) is 21.5. The number of rotatable bonds is 3. The molecule has 2 fully saturated rings. The van der Waals surface area contributed by atoms with Gasteiger partial charge in [-0.2, -0.15) is 0 Å². The Kier molecular flexibility index (Phi) is 4.95. The van der Waals surface area contributed by atoms with Crippen LogP contribution in [-0.2, 0) is 10.0 Å². The van der Waals surface area contributed by atoms with E-state index in [1.807, 2.05) is 35.2 Å². The van der Waals surface area contributed by atoms with Gasteiger partial charge in [0.25, 0.3) is 5.91 Å². The van der Waals surface area contributed by atoms with Gasteiger partial charge >= 0.3 is 0 Å². The summed E-state index contributed by atoms with van der Waals surface area (Å²) in [5.74, 6) is 0.968. The molecule has 0 aromatic heterocycles. The smallest absolute Gasteiger partial charge is 0.254 e. The van der Waals surface area contributed by atoms with Crippen LogP contribution in [0.4, 0.5) is 0 Å². The van der Waals surface area contributed by atoms with Crippen molar-refractivity contribution in [3.05, 3.63) is 35.9 Å². The van der Waals surface area contributed by atoms with Crippen molar-refractivity contribution in [1.82, 2.24) is 9.21 Å². The molecule has 1 aromatic carbocycles. The molecule has 1 aromatic rings. The maximum Gasteiger partial charge on any atom is 0.254 e. The highest BCUT2D eigenvalue weighted by Gasteiger charge is 2.48. The summed E-state index contributed by atoms with van der Waals surface area (Å²) in [5.41, 5.74) is 0.705. The van der Waals surface area contributed by atoms with E-state index in [4.69, 9.17) is 0 Å². The van der Waals surface area contributed by atoms with Crippen molar-refractivity contribution < 1.29 is 13.2 Å². The summed E-state index contributed by atoms with van der Waals surface area (Å²) in [6.07, 6.45) is 1.39. The van der Waals surface area contributed by atoms with E-state index in [-0.39, 0.29) is 10.8 Å². The topological polar surface area (TPSA) is 57.7 Å². The van der Waals surface area contributed by atoms with E-state index in [1.165, 1.54) is 0 Å². The minimum Gasteiger partial charge on any atom is -0.323 e. The molecule has 24 heavy (non-hydrogen) atoms. The Labute approximate surface area is 148 Å². The third kappa shape index (κ3) is 3.09. The largest absolute Gasteiger partial charge is 0.323 e. The molecule has 0 N–H and O–H groups in total. The van der Waals surface area contributed by atoms with Gasteiger partial charge in [0.15, 0.2) is 0 Å². The highest BCUT2D eigenvalue weighted by Crippen LogP contribution is 2.45. The van der Waals surface area contributed by atoms with Crippen molar-refractivity contribution in [3.8, 4) is 0 Å². The van der Waals surface area contributed by atoms with E-state index in [0.29, 0.717) is 31.5 Å². The Hall–Kier alpha value is -1.05. The van der Waals surface area contributed by atoms with Crippen molar-refractivity contribution in [2.75, 3.05) is 25.4 Å². The maximum atomic E-state index is 12.9. The summed E-state index contributed by atoms with van der Waals surface area (Å²) < 4.78 is 26.3. The summed E-state index contributed by atoms with van der Waals surface area (Å²) in [6.45, 7) is 5.15. The van der Waals surface area contributed by atoms with Gasteiger partial charge in [0.1, 0.15) is 0 Å². The predicted octanol–water partition coefficient (Wildman–Crippen LogP) is 2.41. The fourth-order valence-electron chi connectivity index (χ4n) is 3.43. The number of sulfonamides is 1. The summed E-state index contributed by atoms with van der Waals surface area (Å²) in [4.78, 5) is 14.6. The lowest BCUT2D eigenvalue weighted by molar-refractivity contribution is 0.0605. The molecule has 2 heterocycles. The van der Waals surface area contributed by atoms with Crippen molar-refractivity contribution in [1.29, 1.82) is 0 Å². The third-order valence-corrected chi connectivity index (χ3v) is 8.73. The Morgan fingerprint density at radius 3 is 2.33 bits per heavy atom. The molecule has 0 radical (unpaired) electrons. The van der Waals surface area contributed by atoms with Gasteiger partial charge in [-0.05, 0) is 38.8 Å². The number of carbonyl (C=O) groups excluding carboxylic acids is 1. The molecular weight excluding hydrogens is 344 g/mol. The van der Waals surface area contributed by atoms with E-state index in [2.05, 4.69) is 0 Å². The molecule has 2 aliphatic heterocycles. The first-order valence-corrected chi connectivity index (χ1v) is 10.9. The number of hydrogen-bond donors (Lipinski definition) is 0. The molecular formula is C17H24N2O3S2. The SMILES string of the molecule is CC(C)S(=O)(=O)N1CCC2(CC1)SCCN2C(=O)c1ccccc1. The van der Waals surface area contributed by atoms with Crippen LogP contribution in [0.1, 0.15) is 37.0 Å². The van der Waals surface area contributed by atoms with Gasteiger partial charge in [-0.15, -0.1) is 11.8 Å². The fourth-order valence-corrected chi connectivity index (χ4v) is 6.18. The quantitative estimate of drug-likeness (QED) is 0.822. The van der Waals surface area contributed by atoms with Crippen molar-refractivity contribution >= 4 is 27.7 Å². The zero-order valence-corrected chi connectivity index (χ0v) is 15.8. The van der Waals surface area contributed by atoms with Crippen molar-refractivity contribution in [3.63, 3.8) is 0 Å². The van der Waals surface area contributed by atoms with E-state index < -0.39 is 15.3 Å². The Morgan fingerprint density at radius 2 is 1.75 bits per heavy atom. The van der Waals surface area contributed by atoms with Gasteiger partial charge in [0.05, 0.1) is 10.1 Å². The lowest BCUT2D eigenvalue weighted by Crippen LogP contribution is -2.54. The second-order valence-corrected chi connectivity index (χ2v) is 10.6. The number of piperidine rings is 1. The molecule has 0 saturated carbocycles. The van der Waals surface area contributed by atoms with Gasteiger partial charge in [0.2, 0.25) is 10.0 Å². The van der Waals surface area contributed by atoms with Crippen LogP contribution in [0.5, 0.6) is 0 Å². The second kappa shape index (κ2) is 6.69. The number of nitrogens with zero attached hydrogens (tertiary/aromatic N) is 2. The van der Waals surface area contributed by atoms with Gasteiger partial charge in [0, 0.05) is 31.0 Å². The molecule has 0 aliphatic carbocycles. The molecule has 7 heteroatoms. The number of benzene rings is 1. The molecule has 5 nitrogen and oxygen atoms in total. The zero-order chi connectivity index (χ0) is 17.4.